The molecule has 3 amide bonds. The summed E-state index contributed by atoms with van der Waals surface area (Å²) in [5.74, 6) is 0.258. The van der Waals surface area contributed by atoms with Gasteiger partial charge in [-0.15, -0.1) is 0 Å². The van der Waals surface area contributed by atoms with Gasteiger partial charge in [-0.25, -0.2) is 4.39 Å². The van der Waals surface area contributed by atoms with Crippen molar-refractivity contribution in [1.82, 2.24) is 15.5 Å². The molecule has 3 aromatic carbocycles. The molecule has 2 aliphatic heterocycles. The Bertz CT molecular complexity index is 1630. The molecular formula is C32H32FN3O6. The van der Waals surface area contributed by atoms with Gasteiger partial charge in [0.15, 0.2) is 11.5 Å². The van der Waals surface area contributed by atoms with Crippen molar-refractivity contribution in [2.24, 2.45) is 0 Å². The van der Waals surface area contributed by atoms with Crippen LogP contribution >= 0.6 is 0 Å². The Labute approximate surface area is 242 Å². The first kappa shape index (κ1) is 28.7. The Hall–Kier alpha value is -4.86. The van der Waals surface area contributed by atoms with E-state index in [1.165, 1.54) is 19.2 Å². The van der Waals surface area contributed by atoms with Crippen molar-refractivity contribution in [3.05, 3.63) is 88.9 Å². The van der Waals surface area contributed by atoms with E-state index in [4.69, 9.17) is 13.9 Å². The van der Waals surface area contributed by atoms with Crippen LogP contribution in [0.25, 0.3) is 11.0 Å². The highest BCUT2D eigenvalue weighted by molar-refractivity contribution is 5.98. The average molecular weight is 574 g/mol. The third-order valence-electron chi connectivity index (χ3n) is 7.08. The number of furan rings is 1. The molecule has 0 saturated heterocycles. The summed E-state index contributed by atoms with van der Waals surface area (Å²) >= 11 is 0. The van der Waals surface area contributed by atoms with Gasteiger partial charge >= 0.3 is 0 Å². The topological polar surface area (TPSA) is 110 Å². The van der Waals surface area contributed by atoms with E-state index in [0.29, 0.717) is 60.7 Å². The molecule has 0 radical (unpaired) electrons. The minimum atomic E-state index is -0.532. The van der Waals surface area contributed by atoms with E-state index in [1.807, 2.05) is 13.0 Å². The van der Waals surface area contributed by atoms with Crippen molar-refractivity contribution in [1.29, 1.82) is 0 Å². The minimum Gasteiger partial charge on any atom is -0.493 e. The smallest absolute Gasteiger partial charge is 0.253 e. The molecule has 2 N–H and O–H groups in total. The van der Waals surface area contributed by atoms with Crippen molar-refractivity contribution in [2.45, 2.75) is 32.7 Å². The molecule has 218 valence electrons. The number of fused-ring (bicyclic) bond motifs is 14. The molecular weight excluding hydrogens is 541 g/mol. The zero-order chi connectivity index (χ0) is 29.6. The van der Waals surface area contributed by atoms with Crippen LogP contribution in [0.2, 0.25) is 0 Å². The maximum atomic E-state index is 14.8. The highest BCUT2D eigenvalue weighted by Crippen LogP contribution is 2.34. The van der Waals surface area contributed by atoms with Gasteiger partial charge < -0.3 is 29.4 Å². The molecule has 0 fully saturated rings. The van der Waals surface area contributed by atoms with E-state index in [1.54, 1.807) is 47.4 Å². The fraction of sp³-hybridized carbons (Fsp3) is 0.281. The molecule has 10 heteroatoms. The van der Waals surface area contributed by atoms with Gasteiger partial charge in [0.25, 0.3) is 11.8 Å². The van der Waals surface area contributed by atoms with Crippen LogP contribution in [0.3, 0.4) is 0 Å². The number of benzene rings is 3. The molecule has 0 atom stereocenters. The Kier molecular flexibility index (Phi) is 8.71. The number of hydrogen-bond donors (Lipinski definition) is 2. The quantitative estimate of drug-likeness (QED) is 0.335. The van der Waals surface area contributed by atoms with Crippen LogP contribution in [0, 0.1) is 12.7 Å². The largest absolute Gasteiger partial charge is 0.493 e. The van der Waals surface area contributed by atoms with Crippen LogP contribution in [0.1, 0.15) is 51.3 Å². The summed E-state index contributed by atoms with van der Waals surface area (Å²) in [7, 11) is 1.45. The van der Waals surface area contributed by atoms with Gasteiger partial charge in [-0.2, -0.15) is 0 Å². The monoisotopic (exact) mass is 573 g/mol. The zero-order valence-electron chi connectivity index (χ0n) is 23.5. The lowest BCUT2D eigenvalue weighted by Crippen LogP contribution is -2.35. The molecule has 1 aromatic heterocycles. The van der Waals surface area contributed by atoms with E-state index in [0.717, 1.165) is 11.1 Å². The Morgan fingerprint density at radius 1 is 0.976 bits per heavy atom. The number of carbonyl (C=O) groups excluding carboxylic acids is 3. The number of nitrogens with zero attached hydrogens (tertiary/aromatic N) is 1. The molecule has 2 aliphatic rings. The minimum absolute atomic E-state index is 0.0869. The second-order valence-corrected chi connectivity index (χ2v) is 10.1. The third kappa shape index (κ3) is 6.54. The molecule has 6 rings (SSSR count). The predicted molar refractivity (Wildman–Crippen MR) is 154 cm³/mol. The van der Waals surface area contributed by atoms with Crippen molar-refractivity contribution in [2.75, 3.05) is 26.7 Å². The van der Waals surface area contributed by atoms with Crippen molar-refractivity contribution in [3.8, 4) is 17.2 Å². The molecule has 0 spiro atoms. The standard InChI is InChI=1S/C32H32FN3O6/c1-20-16-23-17-22(10-11-26(23)41-20)32(39)36-14-4-8-30(37)35-19-24-25(33)6-3-7-27(24)42-28-12-9-21(18-29(28)40-2)31(38)34-13-5-15-36/h3,6-7,9-12,16-18H,4-5,8,13-15,19H2,1-2H3,(H,34,38)(H,35,37). The first-order chi connectivity index (χ1) is 20.3. The predicted octanol–water partition coefficient (Wildman–Crippen LogP) is 5.35. The number of nitrogens with one attached hydrogen (secondary N) is 2. The number of halogens is 1. The second kappa shape index (κ2) is 12.8. The van der Waals surface area contributed by atoms with Gasteiger partial charge in [-0.05, 0) is 74.4 Å². The van der Waals surface area contributed by atoms with Gasteiger partial charge in [-0.3, -0.25) is 14.4 Å². The fourth-order valence-corrected chi connectivity index (χ4v) is 4.90. The summed E-state index contributed by atoms with van der Waals surface area (Å²) in [4.78, 5) is 40.8. The molecule has 9 nitrogen and oxygen atoms in total. The summed E-state index contributed by atoms with van der Waals surface area (Å²) < 4.78 is 31.8. The van der Waals surface area contributed by atoms with Gasteiger partial charge in [0, 0.05) is 54.7 Å². The molecule has 4 aromatic rings. The van der Waals surface area contributed by atoms with E-state index >= 15 is 0 Å². The average Bonchev–Trinajstić information content (AvgIpc) is 3.36. The molecule has 0 unspecified atom stereocenters. The van der Waals surface area contributed by atoms with Crippen LogP contribution < -0.4 is 20.1 Å². The van der Waals surface area contributed by atoms with Gasteiger partial charge in [0.2, 0.25) is 5.91 Å². The number of hydrogen-bond acceptors (Lipinski definition) is 6. The van der Waals surface area contributed by atoms with Crippen molar-refractivity contribution >= 4 is 28.7 Å². The number of rotatable bonds is 2. The van der Waals surface area contributed by atoms with E-state index in [-0.39, 0.29) is 42.0 Å². The summed E-state index contributed by atoms with van der Waals surface area (Å²) in [6.07, 6.45) is 1.04. The number of ether oxygens (including phenoxy) is 2. The maximum Gasteiger partial charge on any atom is 0.253 e. The highest BCUT2D eigenvalue weighted by Gasteiger charge is 2.19. The van der Waals surface area contributed by atoms with Gasteiger partial charge in [-0.1, -0.05) is 6.07 Å². The molecule has 3 heterocycles. The fourth-order valence-electron chi connectivity index (χ4n) is 4.90. The summed E-state index contributed by atoms with van der Waals surface area (Å²) in [6, 6.07) is 16.3. The Balaban J connectivity index is 1.38. The number of amides is 3. The lowest BCUT2D eigenvalue weighted by Gasteiger charge is -2.23. The molecule has 0 saturated carbocycles. The Morgan fingerprint density at radius 2 is 1.81 bits per heavy atom. The van der Waals surface area contributed by atoms with Crippen molar-refractivity contribution in [3.63, 3.8) is 0 Å². The SMILES string of the molecule is COc1cc2ccc1Oc1cccc(F)c1CNC(=O)CCCN(C(=O)c1ccc3oc(C)cc3c1)CCCNC2=O. The zero-order valence-corrected chi connectivity index (χ0v) is 23.5. The second-order valence-electron chi connectivity index (χ2n) is 10.1. The van der Waals surface area contributed by atoms with Crippen LogP contribution in [-0.4, -0.2) is 49.4 Å². The first-order valence-electron chi connectivity index (χ1n) is 13.8. The highest BCUT2D eigenvalue weighted by atomic mass is 19.1. The lowest BCUT2D eigenvalue weighted by atomic mass is 10.1. The van der Waals surface area contributed by atoms with Crippen LogP contribution in [0.5, 0.6) is 17.2 Å². The number of aryl methyl sites for hydroxylation is 1. The van der Waals surface area contributed by atoms with E-state index in [2.05, 4.69) is 10.6 Å². The summed E-state index contributed by atoms with van der Waals surface area (Å²) in [5.41, 5.74) is 1.75. The van der Waals surface area contributed by atoms with E-state index in [9.17, 15) is 18.8 Å². The lowest BCUT2D eigenvalue weighted by molar-refractivity contribution is -0.121. The first-order valence-corrected chi connectivity index (χ1v) is 13.8. The van der Waals surface area contributed by atoms with Crippen LogP contribution in [0.15, 0.2) is 65.1 Å². The van der Waals surface area contributed by atoms with Crippen LogP contribution in [0.4, 0.5) is 4.39 Å². The molecule has 42 heavy (non-hydrogen) atoms. The number of carbonyl (C=O) groups is 3. The normalized spacial score (nSPS) is 15.1. The maximum absolute atomic E-state index is 14.8. The molecule has 2 bridgehead atoms. The Morgan fingerprint density at radius 3 is 2.64 bits per heavy atom. The van der Waals surface area contributed by atoms with Crippen molar-refractivity contribution < 1.29 is 32.7 Å². The molecule has 0 aliphatic carbocycles. The number of methoxy groups -OCH3 is 1. The van der Waals surface area contributed by atoms with Gasteiger partial charge in [0.05, 0.1) is 7.11 Å². The van der Waals surface area contributed by atoms with Crippen LogP contribution in [-0.2, 0) is 11.3 Å². The third-order valence-corrected chi connectivity index (χ3v) is 7.08. The summed E-state index contributed by atoms with van der Waals surface area (Å²) in [6.45, 7) is 2.79. The van der Waals surface area contributed by atoms with E-state index < -0.39 is 5.82 Å². The summed E-state index contributed by atoms with van der Waals surface area (Å²) in [5, 5.41) is 6.48. The van der Waals surface area contributed by atoms with Gasteiger partial charge in [0.1, 0.15) is 22.9 Å².